The Labute approximate surface area is 157 Å². The highest BCUT2D eigenvalue weighted by atomic mass is 35.5. The molecule has 0 aromatic heterocycles. The quantitative estimate of drug-likeness (QED) is 0.784. The maximum atomic E-state index is 12.8. The maximum Gasteiger partial charge on any atom is 0.255 e. The van der Waals surface area contributed by atoms with Crippen LogP contribution in [0.3, 0.4) is 0 Å². The monoisotopic (exact) mass is 378 g/mol. The minimum atomic E-state index is -0.311. The Morgan fingerprint density at radius 2 is 1.80 bits per heavy atom. The Kier molecular flexibility index (Phi) is 6.85. The summed E-state index contributed by atoms with van der Waals surface area (Å²) in [6.07, 6.45) is 0.724. The Hall–Kier alpha value is -2.04. The molecule has 0 radical (unpaired) electrons. The number of carbonyl (C=O) groups excluding carboxylic acids is 2. The lowest BCUT2D eigenvalue weighted by atomic mass is 10.2. The molecule has 0 aliphatic heterocycles. The summed E-state index contributed by atoms with van der Waals surface area (Å²) in [5.74, 6) is -0.566. The highest BCUT2D eigenvalue weighted by molar-refractivity contribution is 6.43. The summed E-state index contributed by atoms with van der Waals surface area (Å²) in [6.45, 7) is 4.25. The molecule has 2 rings (SSSR count). The third kappa shape index (κ3) is 4.97. The highest BCUT2D eigenvalue weighted by Crippen LogP contribution is 2.26. The maximum absolute atomic E-state index is 12.8. The van der Waals surface area contributed by atoms with Crippen LogP contribution in [0.2, 0.25) is 10.0 Å². The van der Waals surface area contributed by atoms with Gasteiger partial charge in [0.2, 0.25) is 5.91 Å². The summed E-state index contributed by atoms with van der Waals surface area (Å²) in [5.41, 5.74) is 1.99. The molecule has 0 bridgehead atoms. The molecule has 0 unspecified atom stereocenters. The standard InChI is InChI=1S/C19H20Cl2N2O2/c1-3-11-23(19(25)14-8-6-9-15(20)18(14)21)12-17(24)22-16-10-5-4-7-13(16)2/h4-10H,3,11-12H2,1-2H3,(H,22,24). The number of rotatable bonds is 6. The van der Waals surface area contributed by atoms with E-state index in [1.54, 1.807) is 18.2 Å². The molecule has 2 amide bonds. The van der Waals surface area contributed by atoms with E-state index in [9.17, 15) is 9.59 Å². The van der Waals surface area contributed by atoms with Crippen LogP contribution in [-0.2, 0) is 4.79 Å². The smallest absolute Gasteiger partial charge is 0.255 e. The van der Waals surface area contributed by atoms with Gasteiger partial charge in [-0.1, -0.05) is 54.4 Å². The minimum Gasteiger partial charge on any atom is -0.329 e. The van der Waals surface area contributed by atoms with Crippen molar-refractivity contribution in [3.05, 3.63) is 63.6 Å². The lowest BCUT2D eigenvalue weighted by molar-refractivity contribution is -0.116. The van der Waals surface area contributed by atoms with Gasteiger partial charge in [-0.15, -0.1) is 0 Å². The van der Waals surface area contributed by atoms with Crippen molar-refractivity contribution < 1.29 is 9.59 Å². The third-order valence-electron chi connectivity index (χ3n) is 3.72. The van der Waals surface area contributed by atoms with E-state index in [4.69, 9.17) is 23.2 Å². The van der Waals surface area contributed by atoms with Crippen molar-refractivity contribution in [2.24, 2.45) is 0 Å². The zero-order chi connectivity index (χ0) is 18.4. The van der Waals surface area contributed by atoms with Crippen LogP contribution in [0.25, 0.3) is 0 Å². The molecule has 0 atom stereocenters. The van der Waals surface area contributed by atoms with E-state index in [1.165, 1.54) is 4.90 Å². The van der Waals surface area contributed by atoms with Gasteiger partial charge >= 0.3 is 0 Å². The normalized spacial score (nSPS) is 10.4. The Bertz CT molecular complexity index is 778. The molecule has 6 heteroatoms. The molecule has 0 aliphatic rings. The fourth-order valence-electron chi connectivity index (χ4n) is 2.44. The summed E-state index contributed by atoms with van der Waals surface area (Å²) in [4.78, 5) is 26.6. The fourth-order valence-corrected chi connectivity index (χ4v) is 2.82. The number of nitrogens with one attached hydrogen (secondary N) is 1. The molecule has 0 aliphatic carbocycles. The lowest BCUT2D eigenvalue weighted by Crippen LogP contribution is -2.38. The van der Waals surface area contributed by atoms with Crippen LogP contribution in [0.1, 0.15) is 29.3 Å². The number of hydrogen-bond donors (Lipinski definition) is 1. The fraction of sp³-hybridized carbons (Fsp3) is 0.263. The molecule has 0 spiro atoms. The molecule has 132 valence electrons. The summed E-state index contributed by atoms with van der Waals surface area (Å²) in [7, 11) is 0. The minimum absolute atomic E-state index is 0.0517. The summed E-state index contributed by atoms with van der Waals surface area (Å²) < 4.78 is 0. The second kappa shape index (κ2) is 8.88. The van der Waals surface area contributed by atoms with Crippen LogP contribution in [0.15, 0.2) is 42.5 Å². The van der Waals surface area contributed by atoms with Gasteiger partial charge in [0.05, 0.1) is 15.6 Å². The number of benzene rings is 2. The van der Waals surface area contributed by atoms with E-state index in [1.807, 2.05) is 38.1 Å². The predicted octanol–water partition coefficient (Wildman–Crippen LogP) is 4.79. The Balaban J connectivity index is 2.15. The third-order valence-corrected chi connectivity index (χ3v) is 4.54. The molecular weight excluding hydrogens is 359 g/mol. The van der Waals surface area contributed by atoms with Gasteiger partial charge in [0, 0.05) is 12.2 Å². The number of aryl methyl sites for hydroxylation is 1. The predicted molar refractivity (Wildman–Crippen MR) is 102 cm³/mol. The van der Waals surface area contributed by atoms with Crippen LogP contribution in [-0.4, -0.2) is 29.8 Å². The number of anilines is 1. The molecule has 0 saturated carbocycles. The van der Waals surface area contributed by atoms with Gasteiger partial charge in [0.1, 0.15) is 6.54 Å². The molecule has 1 N–H and O–H groups in total. The van der Waals surface area contributed by atoms with Crippen molar-refractivity contribution in [1.29, 1.82) is 0 Å². The first-order chi connectivity index (χ1) is 11.9. The first-order valence-electron chi connectivity index (χ1n) is 8.02. The number of para-hydroxylation sites is 1. The van der Waals surface area contributed by atoms with E-state index in [0.717, 1.165) is 17.7 Å². The average molecular weight is 379 g/mol. The van der Waals surface area contributed by atoms with Crippen LogP contribution >= 0.6 is 23.2 Å². The van der Waals surface area contributed by atoms with Crippen molar-refractivity contribution in [2.45, 2.75) is 20.3 Å². The first-order valence-corrected chi connectivity index (χ1v) is 8.78. The number of hydrogen-bond acceptors (Lipinski definition) is 2. The van der Waals surface area contributed by atoms with Gasteiger partial charge in [-0.25, -0.2) is 0 Å². The van der Waals surface area contributed by atoms with Gasteiger partial charge in [0.15, 0.2) is 0 Å². The van der Waals surface area contributed by atoms with E-state index in [0.29, 0.717) is 17.1 Å². The van der Waals surface area contributed by atoms with Gasteiger partial charge in [0.25, 0.3) is 5.91 Å². The molecule has 4 nitrogen and oxygen atoms in total. The van der Waals surface area contributed by atoms with Crippen molar-refractivity contribution in [2.75, 3.05) is 18.4 Å². The molecule has 0 heterocycles. The number of carbonyl (C=O) groups is 2. The van der Waals surface area contributed by atoms with Gasteiger partial charge in [-0.05, 0) is 37.1 Å². The Morgan fingerprint density at radius 1 is 1.08 bits per heavy atom. The van der Waals surface area contributed by atoms with Crippen molar-refractivity contribution in [3.63, 3.8) is 0 Å². The summed E-state index contributed by atoms with van der Waals surface area (Å²) in [6, 6.07) is 12.4. The lowest BCUT2D eigenvalue weighted by Gasteiger charge is -2.22. The second-order valence-corrected chi connectivity index (χ2v) is 6.48. The van der Waals surface area contributed by atoms with Crippen molar-refractivity contribution in [3.8, 4) is 0 Å². The van der Waals surface area contributed by atoms with E-state index >= 15 is 0 Å². The molecule has 25 heavy (non-hydrogen) atoms. The average Bonchev–Trinajstić information content (AvgIpc) is 2.58. The van der Waals surface area contributed by atoms with Gasteiger partial charge in [-0.3, -0.25) is 9.59 Å². The largest absolute Gasteiger partial charge is 0.329 e. The molecule has 0 saturated heterocycles. The topological polar surface area (TPSA) is 49.4 Å². The Morgan fingerprint density at radius 3 is 2.48 bits per heavy atom. The summed E-state index contributed by atoms with van der Waals surface area (Å²) >= 11 is 12.1. The molecule has 0 fully saturated rings. The van der Waals surface area contributed by atoms with E-state index < -0.39 is 0 Å². The van der Waals surface area contributed by atoms with Gasteiger partial charge in [-0.2, -0.15) is 0 Å². The van der Waals surface area contributed by atoms with Crippen LogP contribution in [0.4, 0.5) is 5.69 Å². The van der Waals surface area contributed by atoms with Crippen molar-refractivity contribution in [1.82, 2.24) is 4.90 Å². The highest BCUT2D eigenvalue weighted by Gasteiger charge is 2.21. The molecular formula is C19H20Cl2N2O2. The number of halogens is 2. The van der Waals surface area contributed by atoms with Crippen molar-refractivity contribution >= 4 is 40.7 Å². The second-order valence-electron chi connectivity index (χ2n) is 5.69. The zero-order valence-corrected chi connectivity index (χ0v) is 15.7. The van der Waals surface area contributed by atoms with Crippen LogP contribution < -0.4 is 5.32 Å². The van der Waals surface area contributed by atoms with Crippen LogP contribution in [0, 0.1) is 6.92 Å². The molecule has 2 aromatic rings. The van der Waals surface area contributed by atoms with E-state index in [2.05, 4.69) is 5.32 Å². The molecule has 2 aromatic carbocycles. The SMILES string of the molecule is CCCN(CC(=O)Nc1ccccc1C)C(=O)c1cccc(Cl)c1Cl. The number of amides is 2. The van der Waals surface area contributed by atoms with E-state index in [-0.39, 0.29) is 23.4 Å². The zero-order valence-electron chi connectivity index (χ0n) is 14.2. The number of nitrogens with zero attached hydrogens (tertiary/aromatic N) is 1. The van der Waals surface area contributed by atoms with Gasteiger partial charge < -0.3 is 10.2 Å². The van der Waals surface area contributed by atoms with Crippen LogP contribution in [0.5, 0.6) is 0 Å². The summed E-state index contributed by atoms with van der Waals surface area (Å²) in [5, 5.41) is 3.36. The first kappa shape index (κ1) is 19.3.